The minimum atomic E-state index is -0.322. The average Bonchev–Trinajstić information content (AvgIpc) is 2.88. The molecular formula is C12H11ClFN3OS. The van der Waals surface area contributed by atoms with Gasteiger partial charge < -0.3 is 5.32 Å². The predicted octanol–water partition coefficient (Wildman–Crippen LogP) is 2.76. The number of aromatic nitrogens is 2. The zero-order chi connectivity index (χ0) is 13.8. The fraction of sp³-hybridized carbons (Fsp3) is 0.250. The van der Waals surface area contributed by atoms with Crippen LogP contribution in [-0.4, -0.2) is 22.0 Å². The van der Waals surface area contributed by atoms with Crippen LogP contribution in [0.3, 0.4) is 0 Å². The smallest absolute Gasteiger partial charge is 0.235 e. The molecule has 0 bridgehead atoms. The van der Waals surface area contributed by atoms with Crippen molar-refractivity contribution in [3.05, 3.63) is 35.1 Å². The molecule has 1 unspecified atom stereocenters. The summed E-state index contributed by atoms with van der Waals surface area (Å²) in [6.45, 7) is 1.79. The number of nitrogens with one attached hydrogen (secondary N) is 1. The van der Waals surface area contributed by atoms with Gasteiger partial charge in [-0.25, -0.2) is 4.39 Å². The van der Waals surface area contributed by atoms with Crippen molar-refractivity contribution in [3.8, 4) is 10.6 Å². The molecule has 0 fully saturated rings. The second-order valence-electron chi connectivity index (χ2n) is 3.88. The lowest BCUT2D eigenvalue weighted by atomic mass is 10.2. The van der Waals surface area contributed by atoms with Crippen molar-refractivity contribution in [3.63, 3.8) is 0 Å². The number of rotatable bonds is 4. The Morgan fingerprint density at radius 3 is 3.00 bits per heavy atom. The van der Waals surface area contributed by atoms with E-state index in [1.807, 2.05) is 0 Å². The summed E-state index contributed by atoms with van der Waals surface area (Å²) >= 11 is 6.72. The molecule has 7 heteroatoms. The summed E-state index contributed by atoms with van der Waals surface area (Å²) in [5.41, 5.74) is 0.666. The highest BCUT2D eigenvalue weighted by atomic mass is 35.5. The van der Waals surface area contributed by atoms with Gasteiger partial charge in [-0.1, -0.05) is 23.5 Å². The van der Waals surface area contributed by atoms with E-state index in [1.165, 1.54) is 23.5 Å². The molecule has 0 spiro atoms. The topological polar surface area (TPSA) is 54.9 Å². The summed E-state index contributed by atoms with van der Waals surface area (Å²) in [4.78, 5) is 11.2. The zero-order valence-electron chi connectivity index (χ0n) is 10.1. The number of carbonyl (C=O) groups excluding carboxylic acids is 1. The van der Waals surface area contributed by atoms with E-state index in [9.17, 15) is 9.18 Å². The third-order valence-electron chi connectivity index (χ3n) is 2.38. The van der Waals surface area contributed by atoms with Crippen LogP contribution < -0.4 is 5.32 Å². The summed E-state index contributed by atoms with van der Waals surface area (Å²) < 4.78 is 13.1. The molecule has 0 aliphatic heterocycles. The SMILES string of the molecule is CC(NC(=O)CCl)c1nnc(-c2cccc(F)c2)s1. The quantitative estimate of drug-likeness (QED) is 0.883. The van der Waals surface area contributed by atoms with E-state index in [-0.39, 0.29) is 23.6 Å². The number of benzene rings is 1. The minimum Gasteiger partial charge on any atom is -0.346 e. The second-order valence-corrected chi connectivity index (χ2v) is 5.15. The van der Waals surface area contributed by atoms with Crippen molar-refractivity contribution in [2.45, 2.75) is 13.0 Å². The van der Waals surface area contributed by atoms with Gasteiger partial charge in [-0.15, -0.1) is 21.8 Å². The first-order valence-electron chi connectivity index (χ1n) is 5.55. The lowest BCUT2D eigenvalue weighted by molar-refractivity contribution is -0.119. The Bertz CT molecular complexity index is 590. The van der Waals surface area contributed by atoms with Crippen molar-refractivity contribution in [1.29, 1.82) is 0 Å². The van der Waals surface area contributed by atoms with Gasteiger partial charge in [0.25, 0.3) is 0 Å². The fourth-order valence-corrected chi connectivity index (χ4v) is 2.41. The summed E-state index contributed by atoms with van der Waals surface area (Å²) in [5, 5.41) is 11.9. The fourth-order valence-electron chi connectivity index (χ4n) is 1.49. The maximum Gasteiger partial charge on any atom is 0.235 e. The number of hydrogen-bond donors (Lipinski definition) is 1. The first-order chi connectivity index (χ1) is 9.10. The van der Waals surface area contributed by atoms with Crippen LogP contribution in [0.1, 0.15) is 18.0 Å². The van der Waals surface area contributed by atoms with Crippen molar-refractivity contribution >= 4 is 28.8 Å². The maximum atomic E-state index is 13.1. The summed E-state index contributed by atoms with van der Waals surface area (Å²) in [7, 11) is 0. The monoisotopic (exact) mass is 299 g/mol. The third-order valence-corrected chi connectivity index (χ3v) is 3.78. The normalized spacial score (nSPS) is 12.2. The minimum absolute atomic E-state index is 0.0973. The molecule has 0 aliphatic carbocycles. The number of hydrogen-bond acceptors (Lipinski definition) is 4. The van der Waals surface area contributed by atoms with Crippen LogP contribution >= 0.6 is 22.9 Å². The number of carbonyl (C=O) groups is 1. The Hall–Kier alpha value is -1.53. The van der Waals surface area contributed by atoms with Crippen molar-refractivity contribution < 1.29 is 9.18 Å². The molecular weight excluding hydrogens is 289 g/mol. The van der Waals surface area contributed by atoms with Crippen LogP contribution in [0.4, 0.5) is 4.39 Å². The van der Waals surface area contributed by atoms with E-state index >= 15 is 0 Å². The van der Waals surface area contributed by atoms with Gasteiger partial charge in [-0.2, -0.15) is 0 Å². The van der Waals surface area contributed by atoms with Crippen LogP contribution in [0.25, 0.3) is 10.6 Å². The van der Waals surface area contributed by atoms with Gasteiger partial charge in [0.1, 0.15) is 21.7 Å². The van der Waals surface area contributed by atoms with Gasteiger partial charge in [0, 0.05) is 5.56 Å². The highest BCUT2D eigenvalue weighted by Crippen LogP contribution is 2.26. The molecule has 1 amide bonds. The van der Waals surface area contributed by atoms with Gasteiger partial charge in [-0.05, 0) is 19.1 Å². The van der Waals surface area contributed by atoms with Gasteiger partial charge in [0.05, 0.1) is 6.04 Å². The van der Waals surface area contributed by atoms with Crippen molar-refractivity contribution in [2.24, 2.45) is 0 Å². The van der Waals surface area contributed by atoms with E-state index < -0.39 is 0 Å². The average molecular weight is 300 g/mol. The first-order valence-corrected chi connectivity index (χ1v) is 6.90. The number of amides is 1. The number of alkyl halides is 1. The molecule has 1 N–H and O–H groups in total. The molecule has 1 atom stereocenters. The molecule has 0 radical (unpaired) electrons. The first kappa shape index (κ1) is 13.9. The number of nitrogens with zero attached hydrogens (tertiary/aromatic N) is 2. The molecule has 100 valence electrons. The van der Waals surface area contributed by atoms with E-state index in [4.69, 9.17) is 11.6 Å². The summed E-state index contributed by atoms with van der Waals surface area (Å²) in [6.07, 6.45) is 0. The summed E-state index contributed by atoms with van der Waals surface area (Å²) in [6, 6.07) is 5.87. The Morgan fingerprint density at radius 1 is 1.53 bits per heavy atom. The van der Waals surface area contributed by atoms with Crippen LogP contribution in [0.15, 0.2) is 24.3 Å². The highest BCUT2D eigenvalue weighted by Gasteiger charge is 2.15. The molecule has 1 heterocycles. The second kappa shape index (κ2) is 6.08. The standard InChI is InChI=1S/C12H11ClFN3OS/c1-7(15-10(18)6-13)11-16-17-12(19-11)8-3-2-4-9(14)5-8/h2-5,7H,6H2,1H3,(H,15,18). The van der Waals surface area contributed by atoms with Gasteiger partial charge >= 0.3 is 0 Å². The number of halogens is 2. The lowest BCUT2D eigenvalue weighted by Crippen LogP contribution is -2.27. The predicted molar refractivity (Wildman–Crippen MR) is 72.6 cm³/mol. The van der Waals surface area contributed by atoms with Crippen molar-refractivity contribution in [2.75, 3.05) is 5.88 Å². The Kier molecular flexibility index (Phi) is 4.44. The van der Waals surface area contributed by atoms with Crippen molar-refractivity contribution in [1.82, 2.24) is 15.5 Å². The van der Waals surface area contributed by atoms with Crippen LogP contribution in [0.2, 0.25) is 0 Å². The highest BCUT2D eigenvalue weighted by molar-refractivity contribution is 7.14. The Balaban J connectivity index is 2.17. The van der Waals surface area contributed by atoms with Crippen LogP contribution in [0, 0.1) is 5.82 Å². The van der Waals surface area contributed by atoms with Crippen LogP contribution in [-0.2, 0) is 4.79 Å². The van der Waals surface area contributed by atoms with E-state index in [2.05, 4.69) is 15.5 Å². The van der Waals surface area contributed by atoms with Gasteiger partial charge in [0.2, 0.25) is 5.91 Å². The molecule has 1 aromatic carbocycles. The lowest BCUT2D eigenvalue weighted by Gasteiger charge is -2.08. The molecule has 1 aromatic heterocycles. The van der Waals surface area contributed by atoms with Gasteiger partial charge in [0.15, 0.2) is 0 Å². The summed E-state index contributed by atoms with van der Waals surface area (Å²) in [5.74, 6) is -0.686. The molecule has 2 rings (SSSR count). The molecule has 0 saturated carbocycles. The largest absolute Gasteiger partial charge is 0.346 e. The van der Waals surface area contributed by atoms with E-state index in [0.29, 0.717) is 15.6 Å². The Morgan fingerprint density at radius 2 is 2.32 bits per heavy atom. The Labute approximate surface area is 118 Å². The van der Waals surface area contributed by atoms with Crippen LogP contribution in [0.5, 0.6) is 0 Å². The maximum absolute atomic E-state index is 13.1. The zero-order valence-corrected chi connectivity index (χ0v) is 11.6. The molecule has 19 heavy (non-hydrogen) atoms. The molecule has 0 aliphatic rings. The van der Waals surface area contributed by atoms with Gasteiger partial charge in [-0.3, -0.25) is 4.79 Å². The molecule has 2 aromatic rings. The molecule has 4 nitrogen and oxygen atoms in total. The molecule has 0 saturated heterocycles. The van der Waals surface area contributed by atoms with E-state index in [0.717, 1.165) is 0 Å². The third kappa shape index (κ3) is 3.48. The van der Waals surface area contributed by atoms with E-state index in [1.54, 1.807) is 19.1 Å².